The maximum atomic E-state index is 13.4. The standard InChI is InChI=1S/C26H33N3O5/c1-6-16-29(24(32)18(2)28-25(33)34-26(3,4)5)22(20-12-14-21(30)15-13-20)23(31)27-17-19-10-8-7-9-11-19/h6-15,18,22,30H,1,16-17H2,2-5H3,(H,27,31)(H,28,33). The lowest BCUT2D eigenvalue weighted by atomic mass is 10.0. The van der Waals surface area contributed by atoms with Crippen molar-refractivity contribution in [2.75, 3.05) is 6.54 Å². The summed E-state index contributed by atoms with van der Waals surface area (Å²) in [6, 6.07) is 13.5. The van der Waals surface area contributed by atoms with E-state index in [0.29, 0.717) is 5.56 Å². The SMILES string of the molecule is C=CCN(C(=O)C(C)NC(=O)OC(C)(C)C)C(C(=O)NCc1ccccc1)c1ccc(O)cc1. The number of amides is 3. The van der Waals surface area contributed by atoms with Crippen LogP contribution < -0.4 is 10.6 Å². The molecule has 0 radical (unpaired) electrons. The highest BCUT2D eigenvalue weighted by atomic mass is 16.6. The molecule has 2 atom stereocenters. The van der Waals surface area contributed by atoms with Crippen molar-refractivity contribution in [3.05, 3.63) is 78.4 Å². The second kappa shape index (κ2) is 11.9. The van der Waals surface area contributed by atoms with Crippen molar-refractivity contribution in [2.45, 2.75) is 51.9 Å². The maximum absolute atomic E-state index is 13.4. The maximum Gasteiger partial charge on any atom is 0.408 e. The minimum atomic E-state index is -1.02. The largest absolute Gasteiger partial charge is 0.508 e. The van der Waals surface area contributed by atoms with Crippen LogP contribution in [-0.2, 0) is 20.9 Å². The van der Waals surface area contributed by atoms with Gasteiger partial charge in [-0.05, 0) is 51.0 Å². The van der Waals surface area contributed by atoms with E-state index in [9.17, 15) is 19.5 Å². The lowest BCUT2D eigenvalue weighted by Gasteiger charge is -2.33. The smallest absolute Gasteiger partial charge is 0.408 e. The second-order valence-corrected chi connectivity index (χ2v) is 8.84. The number of nitrogens with one attached hydrogen (secondary N) is 2. The fourth-order valence-electron chi connectivity index (χ4n) is 3.27. The third-order valence-electron chi connectivity index (χ3n) is 4.79. The second-order valence-electron chi connectivity index (χ2n) is 8.84. The fraction of sp³-hybridized carbons (Fsp3) is 0.346. The molecule has 8 heteroatoms. The number of carbonyl (C=O) groups excluding carboxylic acids is 3. The number of phenolic OH excluding ortho intramolecular Hbond substituents is 1. The monoisotopic (exact) mass is 467 g/mol. The first-order valence-corrected chi connectivity index (χ1v) is 11.0. The summed E-state index contributed by atoms with van der Waals surface area (Å²) in [5, 5.41) is 15.1. The first kappa shape index (κ1) is 26.4. The quantitative estimate of drug-likeness (QED) is 0.488. The number of carbonyl (C=O) groups is 3. The number of benzene rings is 2. The van der Waals surface area contributed by atoms with Gasteiger partial charge in [0.2, 0.25) is 11.8 Å². The van der Waals surface area contributed by atoms with Crippen LogP contribution in [0.25, 0.3) is 0 Å². The topological polar surface area (TPSA) is 108 Å². The van der Waals surface area contributed by atoms with Gasteiger partial charge < -0.3 is 25.4 Å². The number of hydrogen-bond donors (Lipinski definition) is 3. The molecule has 3 N–H and O–H groups in total. The molecule has 0 saturated carbocycles. The third kappa shape index (κ3) is 7.95. The molecule has 2 unspecified atom stereocenters. The molecule has 2 rings (SSSR count). The number of alkyl carbamates (subject to hydrolysis) is 1. The van der Waals surface area contributed by atoms with Crippen LogP contribution in [-0.4, -0.2) is 46.1 Å². The first-order valence-electron chi connectivity index (χ1n) is 11.0. The number of aromatic hydroxyl groups is 1. The summed E-state index contributed by atoms with van der Waals surface area (Å²) in [4.78, 5) is 40.2. The van der Waals surface area contributed by atoms with E-state index in [1.807, 2.05) is 30.3 Å². The molecule has 0 aliphatic rings. The Morgan fingerprint density at radius 1 is 1.09 bits per heavy atom. The van der Waals surface area contributed by atoms with Gasteiger partial charge in [-0.15, -0.1) is 6.58 Å². The van der Waals surface area contributed by atoms with Gasteiger partial charge in [-0.25, -0.2) is 4.79 Å². The van der Waals surface area contributed by atoms with Crippen molar-refractivity contribution in [3.63, 3.8) is 0 Å². The van der Waals surface area contributed by atoms with E-state index in [1.54, 1.807) is 32.9 Å². The minimum absolute atomic E-state index is 0.0359. The molecular weight excluding hydrogens is 434 g/mol. The Morgan fingerprint density at radius 2 is 1.71 bits per heavy atom. The number of phenols is 1. The number of ether oxygens (including phenoxy) is 1. The summed E-state index contributed by atoms with van der Waals surface area (Å²) >= 11 is 0. The number of rotatable bonds is 9. The predicted octanol–water partition coefficient (Wildman–Crippen LogP) is 3.68. The van der Waals surface area contributed by atoms with Crippen LogP contribution in [0.3, 0.4) is 0 Å². The Bertz CT molecular complexity index is 984. The van der Waals surface area contributed by atoms with Crippen LogP contribution in [0, 0.1) is 0 Å². The molecule has 0 aliphatic heterocycles. The lowest BCUT2D eigenvalue weighted by Crippen LogP contribution is -2.51. The van der Waals surface area contributed by atoms with Crippen LogP contribution in [0.4, 0.5) is 4.79 Å². The van der Waals surface area contributed by atoms with Gasteiger partial charge in [0.15, 0.2) is 0 Å². The molecule has 2 aromatic carbocycles. The lowest BCUT2D eigenvalue weighted by molar-refractivity contribution is -0.141. The van der Waals surface area contributed by atoms with Crippen molar-refractivity contribution < 1.29 is 24.2 Å². The average molecular weight is 468 g/mol. The van der Waals surface area contributed by atoms with E-state index in [4.69, 9.17) is 4.74 Å². The highest BCUT2D eigenvalue weighted by Crippen LogP contribution is 2.24. The van der Waals surface area contributed by atoms with Gasteiger partial charge in [0, 0.05) is 13.1 Å². The van der Waals surface area contributed by atoms with Gasteiger partial charge in [-0.3, -0.25) is 9.59 Å². The van der Waals surface area contributed by atoms with Gasteiger partial charge in [-0.1, -0.05) is 48.5 Å². The van der Waals surface area contributed by atoms with Crippen molar-refractivity contribution in [1.82, 2.24) is 15.5 Å². The Kier molecular flexibility index (Phi) is 9.24. The summed E-state index contributed by atoms with van der Waals surface area (Å²) < 4.78 is 5.24. The number of hydrogen-bond acceptors (Lipinski definition) is 5. The van der Waals surface area contributed by atoms with E-state index >= 15 is 0 Å². The van der Waals surface area contributed by atoms with E-state index in [0.717, 1.165) is 5.56 Å². The summed E-state index contributed by atoms with van der Waals surface area (Å²) in [5.74, 6) is -0.860. The molecule has 0 spiro atoms. The Hall–Kier alpha value is -3.81. The molecule has 34 heavy (non-hydrogen) atoms. The van der Waals surface area contributed by atoms with Gasteiger partial charge in [0.25, 0.3) is 0 Å². The molecule has 0 saturated heterocycles. The van der Waals surface area contributed by atoms with Crippen LogP contribution in [0.2, 0.25) is 0 Å². The summed E-state index contributed by atoms with van der Waals surface area (Å²) in [6.45, 7) is 10.7. The zero-order valence-electron chi connectivity index (χ0n) is 20.1. The van der Waals surface area contributed by atoms with Crippen LogP contribution >= 0.6 is 0 Å². The normalized spacial score (nSPS) is 12.7. The average Bonchev–Trinajstić information content (AvgIpc) is 2.77. The molecule has 0 bridgehead atoms. The van der Waals surface area contributed by atoms with Crippen molar-refractivity contribution in [2.24, 2.45) is 0 Å². The van der Waals surface area contributed by atoms with E-state index in [2.05, 4.69) is 17.2 Å². The minimum Gasteiger partial charge on any atom is -0.508 e. The predicted molar refractivity (Wildman–Crippen MR) is 130 cm³/mol. The molecule has 8 nitrogen and oxygen atoms in total. The highest BCUT2D eigenvalue weighted by Gasteiger charge is 2.34. The van der Waals surface area contributed by atoms with Crippen LogP contribution in [0.1, 0.15) is 44.9 Å². The van der Waals surface area contributed by atoms with Gasteiger partial charge in [0.1, 0.15) is 23.4 Å². The van der Waals surface area contributed by atoms with Crippen LogP contribution in [0.5, 0.6) is 5.75 Å². The van der Waals surface area contributed by atoms with Gasteiger partial charge in [0.05, 0.1) is 0 Å². The zero-order valence-corrected chi connectivity index (χ0v) is 20.1. The molecule has 0 aliphatic carbocycles. The Balaban J connectivity index is 2.30. The van der Waals surface area contributed by atoms with Crippen molar-refractivity contribution in [1.29, 1.82) is 0 Å². The summed E-state index contributed by atoms with van der Waals surface area (Å²) in [5.41, 5.74) is 0.685. The Labute approximate surface area is 200 Å². The molecule has 0 heterocycles. The molecule has 0 fully saturated rings. The van der Waals surface area contributed by atoms with Crippen molar-refractivity contribution in [3.8, 4) is 5.75 Å². The zero-order chi connectivity index (χ0) is 25.3. The summed E-state index contributed by atoms with van der Waals surface area (Å²) in [6.07, 6.45) is 0.775. The summed E-state index contributed by atoms with van der Waals surface area (Å²) in [7, 11) is 0. The Morgan fingerprint density at radius 3 is 2.26 bits per heavy atom. The van der Waals surface area contributed by atoms with Gasteiger partial charge in [-0.2, -0.15) is 0 Å². The van der Waals surface area contributed by atoms with E-state index in [-0.39, 0.29) is 18.8 Å². The molecule has 182 valence electrons. The van der Waals surface area contributed by atoms with Gasteiger partial charge >= 0.3 is 6.09 Å². The van der Waals surface area contributed by atoms with E-state index in [1.165, 1.54) is 30.0 Å². The first-order chi connectivity index (χ1) is 16.0. The molecule has 0 aromatic heterocycles. The third-order valence-corrected chi connectivity index (χ3v) is 4.79. The van der Waals surface area contributed by atoms with Crippen molar-refractivity contribution >= 4 is 17.9 Å². The fourth-order valence-corrected chi connectivity index (χ4v) is 3.27. The highest BCUT2D eigenvalue weighted by molar-refractivity contribution is 5.92. The number of nitrogens with zero attached hydrogens (tertiary/aromatic N) is 1. The molecule has 3 amide bonds. The molecule has 2 aromatic rings. The van der Waals surface area contributed by atoms with Crippen LogP contribution in [0.15, 0.2) is 67.3 Å². The van der Waals surface area contributed by atoms with E-state index < -0.39 is 35.6 Å². The molecular formula is C26H33N3O5.